The number of imide groups is 1. The van der Waals surface area contributed by atoms with E-state index in [4.69, 9.17) is 4.74 Å². The van der Waals surface area contributed by atoms with Crippen LogP contribution in [0, 0.1) is 0 Å². The van der Waals surface area contributed by atoms with E-state index in [-0.39, 0.29) is 18.4 Å². The number of rotatable bonds is 8. The second-order valence-electron chi connectivity index (χ2n) is 7.48. The van der Waals surface area contributed by atoms with Gasteiger partial charge < -0.3 is 15.0 Å². The Morgan fingerprint density at radius 2 is 1.77 bits per heavy atom. The maximum Gasteiger partial charge on any atom is 0.325 e. The molecule has 1 heterocycles. The first-order valence-corrected chi connectivity index (χ1v) is 10.0. The number of hydrogen-bond acceptors (Lipinski definition) is 4. The van der Waals surface area contributed by atoms with Crippen molar-refractivity contribution in [3.05, 3.63) is 60.2 Å². The number of para-hydroxylation sites is 1. The molecule has 2 aromatic rings. The van der Waals surface area contributed by atoms with Crippen molar-refractivity contribution in [2.45, 2.75) is 32.2 Å². The number of hydrogen-bond donors (Lipinski definition) is 1. The number of aryl methyl sites for hydroxylation is 1. The summed E-state index contributed by atoms with van der Waals surface area (Å²) in [6, 6.07) is 16.3. The number of ether oxygens (including phenoxy) is 1. The minimum Gasteiger partial charge on any atom is -0.497 e. The maximum absolute atomic E-state index is 13.0. The van der Waals surface area contributed by atoms with Crippen LogP contribution in [0.15, 0.2) is 54.6 Å². The highest BCUT2D eigenvalue weighted by Gasteiger charge is 2.48. The smallest absolute Gasteiger partial charge is 0.325 e. The van der Waals surface area contributed by atoms with Crippen LogP contribution in [-0.2, 0) is 16.0 Å². The van der Waals surface area contributed by atoms with Crippen LogP contribution in [0.2, 0.25) is 0 Å². The zero-order chi connectivity index (χ0) is 21.7. The van der Waals surface area contributed by atoms with E-state index >= 15 is 0 Å². The maximum atomic E-state index is 13.0. The van der Waals surface area contributed by atoms with Crippen LogP contribution in [0.25, 0.3) is 0 Å². The third kappa shape index (κ3) is 4.45. The minimum atomic E-state index is -1.04. The SMILES string of the molecule is CCN(C(=O)CN1C(=O)N[C@](C)(CCc2ccc(OC)cc2)C1=O)c1ccccc1. The molecule has 1 fully saturated rings. The van der Waals surface area contributed by atoms with Gasteiger partial charge in [0.2, 0.25) is 5.91 Å². The van der Waals surface area contributed by atoms with Gasteiger partial charge in [0.25, 0.3) is 5.91 Å². The number of nitrogens with zero attached hydrogens (tertiary/aromatic N) is 2. The third-order valence-electron chi connectivity index (χ3n) is 5.40. The summed E-state index contributed by atoms with van der Waals surface area (Å²) >= 11 is 0. The Hall–Kier alpha value is -3.35. The number of methoxy groups -OCH3 is 1. The lowest BCUT2D eigenvalue weighted by Gasteiger charge is -2.24. The fourth-order valence-corrected chi connectivity index (χ4v) is 3.58. The molecule has 0 spiro atoms. The van der Waals surface area contributed by atoms with Crippen LogP contribution in [0.3, 0.4) is 0 Å². The summed E-state index contributed by atoms with van der Waals surface area (Å²) < 4.78 is 5.16. The number of nitrogens with one attached hydrogen (secondary N) is 1. The molecule has 0 unspecified atom stereocenters. The summed E-state index contributed by atoms with van der Waals surface area (Å²) in [6.45, 7) is 3.72. The van der Waals surface area contributed by atoms with Gasteiger partial charge in [-0.05, 0) is 56.5 Å². The largest absolute Gasteiger partial charge is 0.497 e. The molecule has 1 aliphatic heterocycles. The summed E-state index contributed by atoms with van der Waals surface area (Å²) in [7, 11) is 1.61. The molecule has 1 atom stereocenters. The molecule has 0 saturated carbocycles. The molecule has 1 saturated heterocycles. The zero-order valence-corrected chi connectivity index (χ0v) is 17.6. The van der Waals surface area contributed by atoms with Crippen molar-refractivity contribution in [2.75, 3.05) is 25.1 Å². The highest BCUT2D eigenvalue weighted by atomic mass is 16.5. The van der Waals surface area contributed by atoms with E-state index in [1.165, 1.54) is 0 Å². The predicted molar refractivity (Wildman–Crippen MR) is 114 cm³/mol. The number of anilines is 1. The monoisotopic (exact) mass is 409 g/mol. The van der Waals surface area contributed by atoms with Crippen molar-refractivity contribution >= 4 is 23.5 Å². The van der Waals surface area contributed by atoms with Crippen LogP contribution in [0.4, 0.5) is 10.5 Å². The van der Waals surface area contributed by atoms with Crippen molar-refractivity contribution in [1.82, 2.24) is 10.2 Å². The molecule has 30 heavy (non-hydrogen) atoms. The Morgan fingerprint density at radius 1 is 1.10 bits per heavy atom. The van der Waals surface area contributed by atoms with Crippen LogP contribution in [-0.4, -0.2) is 48.5 Å². The fourth-order valence-electron chi connectivity index (χ4n) is 3.58. The Bertz CT molecular complexity index is 914. The number of benzene rings is 2. The van der Waals surface area contributed by atoms with Gasteiger partial charge in [0.05, 0.1) is 7.11 Å². The predicted octanol–water partition coefficient (Wildman–Crippen LogP) is 2.99. The Morgan fingerprint density at radius 3 is 2.37 bits per heavy atom. The number of likely N-dealkylation sites (N-methyl/N-ethyl adjacent to an activating group) is 1. The molecule has 0 radical (unpaired) electrons. The van der Waals surface area contributed by atoms with E-state index in [9.17, 15) is 14.4 Å². The lowest BCUT2D eigenvalue weighted by molar-refractivity contribution is -0.134. The van der Waals surface area contributed by atoms with Crippen molar-refractivity contribution in [1.29, 1.82) is 0 Å². The molecule has 7 nitrogen and oxygen atoms in total. The van der Waals surface area contributed by atoms with Gasteiger partial charge in [0, 0.05) is 12.2 Å². The van der Waals surface area contributed by atoms with Gasteiger partial charge in [-0.1, -0.05) is 30.3 Å². The lowest BCUT2D eigenvalue weighted by Crippen LogP contribution is -2.46. The second kappa shape index (κ2) is 8.98. The molecule has 4 amide bonds. The molecule has 1 N–H and O–H groups in total. The Kier molecular flexibility index (Phi) is 6.40. The zero-order valence-electron chi connectivity index (χ0n) is 17.6. The van der Waals surface area contributed by atoms with Gasteiger partial charge in [0.1, 0.15) is 17.8 Å². The topological polar surface area (TPSA) is 79.0 Å². The normalized spacial score (nSPS) is 18.3. The number of carbonyl (C=O) groups is 3. The molecule has 0 bridgehead atoms. The summed E-state index contributed by atoms with van der Waals surface area (Å²) in [5.41, 5.74) is 0.732. The number of urea groups is 1. The van der Waals surface area contributed by atoms with Gasteiger partial charge in [-0.2, -0.15) is 0 Å². The summed E-state index contributed by atoms with van der Waals surface area (Å²) in [5, 5.41) is 2.77. The van der Waals surface area contributed by atoms with E-state index in [1.807, 2.05) is 61.5 Å². The van der Waals surface area contributed by atoms with Gasteiger partial charge in [-0.15, -0.1) is 0 Å². The lowest BCUT2D eigenvalue weighted by atomic mass is 9.93. The fraction of sp³-hybridized carbons (Fsp3) is 0.348. The van der Waals surface area contributed by atoms with Crippen LogP contribution >= 0.6 is 0 Å². The second-order valence-corrected chi connectivity index (χ2v) is 7.48. The highest BCUT2D eigenvalue weighted by Crippen LogP contribution is 2.24. The first-order valence-electron chi connectivity index (χ1n) is 10.0. The minimum absolute atomic E-state index is 0.286. The van der Waals surface area contributed by atoms with Crippen molar-refractivity contribution in [3.8, 4) is 5.75 Å². The van der Waals surface area contributed by atoms with Gasteiger partial charge in [-0.25, -0.2) is 4.79 Å². The number of carbonyl (C=O) groups excluding carboxylic acids is 3. The molecule has 1 aliphatic rings. The average molecular weight is 409 g/mol. The molecule has 158 valence electrons. The van der Waals surface area contributed by atoms with Crippen molar-refractivity contribution in [2.24, 2.45) is 0 Å². The van der Waals surface area contributed by atoms with E-state index in [1.54, 1.807) is 18.9 Å². The Labute approximate surface area is 176 Å². The van der Waals surface area contributed by atoms with Crippen LogP contribution < -0.4 is 15.0 Å². The molecular weight excluding hydrogens is 382 g/mol. The molecule has 2 aromatic carbocycles. The van der Waals surface area contributed by atoms with E-state index in [0.717, 1.165) is 21.9 Å². The first-order chi connectivity index (χ1) is 14.4. The van der Waals surface area contributed by atoms with Crippen molar-refractivity contribution in [3.63, 3.8) is 0 Å². The van der Waals surface area contributed by atoms with Crippen LogP contribution in [0.1, 0.15) is 25.8 Å². The summed E-state index contributed by atoms with van der Waals surface area (Å²) in [6.07, 6.45) is 1.05. The summed E-state index contributed by atoms with van der Waals surface area (Å²) in [4.78, 5) is 40.9. The average Bonchev–Trinajstić information content (AvgIpc) is 2.97. The summed E-state index contributed by atoms with van der Waals surface area (Å²) in [5.74, 6) is 0.0869. The molecule has 3 rings (SSSR count). The van der Waals surface area contributed by atoms with E-state index < -0.39 is 11.6 Å². The molecule has 7 heteroatoms. The van der Waals surface area contributed by atoms with Crippen LogP contribution in [0.5, 0.6) is 5.75 Å². The molecule has 0 aromatic heterocycles. The van der Waals surface area contributed by atoms with Gasteiger partial charge in [-0.3, -0.25) is 14.5 Å². The quantitative estimate of drug-likeness (QED) is 0.680. The van der Waals surface area contributed by atoms with Gasteiger partial charge in [0.15, 0.2) is 0 Å². The molecular formula is C23H27N3O4. The third-order valence-corrected chi connectivity index (χ3v) is 5.40. The Balaban J connectivity index is 1.66. The highest BCUT2D eigenvalue weighted by molar-refractivity contribution is 6.10. The van der Waals surface area contributed by atoms with Crippen molar-refractivity contribution < 1.29 is 19.1 Å². The molecule has 0 aliphatic carbocycles. The van der Waals surface area contributed by atoms with E-state index in [0.29, 0.717) is 19.4 Å². The van der Waals surface area contributed by atoms with E-state index in [2.05, 4.69) is 5.32 Å². The number of amides is 4. The first kappa shape index (κ1) is 21.4. The standard InChI is InChI=1S/C23H27N3O4/c1-4-25(18-8-6-5-7-9-18)20(27)16-26-21(28)23(2,24-22(26)29)15-14-17-10-12-19(30-3)13-11-17/h5-13H,4,14-16H2,1-3H3,(H,24,29)/t23-/m1/s1. The van der Waals surface area contributed by atoms with Gasteiger partial charge >= 0.3 is 6.03 Å².